The van der Waals surface area contributed by atoms with E-state index in [9.17, 15) is 14.4 Å². The first-order chi connectivity index (χ1) is 16.4. The van der Waals surface area contributed by atoms with E-state index in [1.54, 1.807) is 30.5 Å². The molecular weight excluding hydrogens is 464 g/mol. The number of aromatic nitrogens is 2. The number of anilines is 1. The van der Waals surface area contributed by atoms with Crippen molar-refractivity contribution in [2.75, 3.05) is 18.9 Å². The average molecular weight is 507 g/mol. The van der Waals surface area contributed by atoms with Crippen LogP contribution in [0.25, 0.3) is 0 Å². The molecule has 3 atom stereocenters. The van der Waals surface area contributed by atoms with E-state index < -0.39 is 6.04 Å². The molecule has 1 aromatic heterocycles. The average Bonchev–Trinajstić information content (AvgIpc) is 3.32. The molecule has 0 bridgehead atoms. The van der Waals surface area contributed by atoms with Crippen LogP contribution < -0.4 is 10.6 Å². The van der Waals surface area contributed by atoms with Gasteiger partial charge in [-0.05, 0) is 52.0 Å². The predicted molar refractivity (Wildman–Crippen MR) is 140 cm³/mol. The lowest BCUT2D eigenvalue weighted by Crippen LogP contribution is -2.58. The summed E-state index contributed by atoms with van der Waals surface area (Å²) in [6.45, 7) is 14.7. The number of nitrogens with one attached hydrogen (secondary N) is 2. The van der Waals surface area contributed by atoms with E-state index in [1.165, 1.54) is 11.3 Å². The van der Waals surface area contributed by atoms with Crippen LogP contribution in [0.5, 0.6) is 0 Å². The minimum atomic E-state index is -0.645. The summed E-state index contributed by atoms with van der Waals surface area (Å²) in [5.41, 5.74) is 2.03. The van der Waals surface area contributed by atoms with Gasteiger partial charge in [-0.2, -0.15) is 0 Å². The number of hydrogen-bond acceptors (Lipinski definition) is 7. The summed E-state index contributed by atoms with van der Waals surface area (Å²) in [6.07, 6.45) is 4.71. The van der Waals surface area contributed by atoms with E-state index in [-0.39, 0.29) is 47.7 Å². The molecule has 10 heteroatoms. The Kier molecular flexibility index (Phi) is 10.8. The maximum absolute atomic E-state index is 13.6. The number of carbonyl (C=O) groups is 3. The lowest BCUT2D eigenvalue weighted by molar-refractivity contribution is -0.140. The minimum absolute atomic E-state index is 0.0616. The molecule has 3 amide bonds. The molecule has 0 aromatic carbocycles. The highest BCUT2D eigenvalue weighted by Gasteiger charge is 2.36. The van der Waals surface area contributed by atoms with Crippen molar-refractivity contribution in [1.29, 1.82) is 0 Å². The fourth-order valence-electron chi connectivity index (χ4n) is 4.49. The number of hydrogen-bond donors (Lipinski definition) is 2. The van der Waals surface area contributed by atoms with Gasteiger partial charge in [0.15, 0.2) is 0 Å². The van der Waals surface area contributed by atoms with Gasteiger partial charge >= 0.3 is 0 Å². The molecule has 1 aliphatic heterocycles. The van der Waals surface area contributed by atoms with Crippen LogP contribution in [0.1, 0.15) is 67.7 Å². The van der Waals surface area contributed by atoms with Crippen LogP contribution in [0.3, 0.4) is 0 Å². The summed E-state index contributed by atoms with van der Waals surface area (Å²) in [5, 5.41) is 13.8. The largest absolute Gasteiger partial charge is 0.343 e. The standard InChI is InChI=1S/C25H42N6O3S/c1-15(2)20(13-18(7)22(32)28-25-29-26-14-35-25)30(8)24(34)21(16(3)4)27-23(33)19-11-9-10-12-31(19)17(5)6/h13-17,19-21H,9-12H2,1-8H3,(H,27,33)(H,28,29,32)/t19?,20-,21+/m1/s1. The third kappa shape index (κ3) is 7.83. The lowest BCUT2D eigenvalue weighted by atomic mass is 9.95. The zero-order valence-electron chi connectivity index (χ0n) is 22.4. The normalized spacial score (nSPS) is 19.1. The Morgan fingerprint density at radius 3 is 2.37 bits per heavy atom. The zero-order chi connectivity index (χ0) is 26.3. The van der Waals surface area contributed by atoms with Crippen LogP contribution in [-0.2, 0) is 14.4 Å². The number of carbonyl (C=O) groups excluding carboxylic acids is 3. The maximum atomic E-state index is 13.6. The van der Waals surface area contributed by atoms with Gasteiger partial charge in [0.1, 0.15) is 11.6 Å². The van der Waals surface area contributed by atoms with Crippen LogP contribution in [-0.4, -0.2) is 75.5 Å². The fourth-order valence-corrected chi connectivity index (χ4v) is 4.93. The van der Waals surface area contributed by atoms with E-state index in [0.717, 1.165) is 25.8 Å². The van der Waals surface area contributed by atoms with Crippen LogP contribution >= 0.6 is 11.3 Å². The number of rotatable bonds is 10. The van der Waals surface area contributed by atoms with Gasteiger partial charge in [-0.15, -0.1) is 10.2 Å². The van der Waals surface area contributed by atoms with Crippen molar-refractivity contribution in [3.63, 3.8) is 0 Å². The van der Waals surface area contributed by atoms with Crippen molar-refractivity contribution < 1.29 is 14.4 Å². The molecule has 2 rings (SSSR count). The van der Waals surface area contributed by atoms with E-state index in [1.807, 2.05) is 27.7 Å². The molecule has 196 valence electrons. The molecule has 1 aliphatic rings. The Hall–Kier alpha value is -2.33. The van der Waals surface area contributed by atoms with Gasteiger partial charge in [-0.3, -0.25) is 24.6 Å². The summed E-state index contributed by atoms with van der Waals surface area (Å²) >= 11 is 1.24. The number of likely N-dealkylation sites (tertiary alicyclic amines) is 1. The first-order valence-electron chi connectivity index (χ1n) is 12.5. The van der Waals surface area contributed by atoms with Gasteiger partial charge in [0.2, 0.25) is 16.9 Å². The maximum Gasteiger partial charge on any atom is 0.252 e. The van der Waals surface area contributed by atoms with E-state index in [0.29, 0.717) is 10.7 Å². The summed E-state index contributed by atoms with van der Waals surface area (Å²) in [7, 11) is 1.74. The highest BCUT2D eigenvalue weighted by atomic mass is 32.1. The third-order valence-corrected chi connectivity index (χ3v) is 7.18. The van der Waals surface area contributed by atoms with Crippen LogP contribution in [0.4, 0.5) is 5.13 Å². The Morgan fingerprint density at radius 2 is 1.83 bits per heavy atom. The molecule has 9 nitrogen and oxygen atoms in total. The molecule has 1 aromatic rings. The molecule has 35 heavy (non-hydrogen) atoms. The van der Waals surface area contributed by atoms with Crippen LogP contribution in [0.2, 0.25) is 0 Å². The van der Waals surface area contributed by atoms with Crippen molar-refractivity contribution >= 4 is 34.2 Å². The van der Waals surface area contributed by atoms with Gasteiger partial charge in [0, 0.05) is 18.7 Å². The molecule has 0 saturated carbocycles. The van der Waals surface area contributed by atoms with E-state index >= 15 is 0 Å². The van der Waals surface area contributed by atoms with E-state index in [2.05, 4.69) is 39.6 Å². The Bertz CT molecular complexity index is 884. The Labute approximate surface area is 213 Å². The number of nitrogens with zero attached hydrogens (tertiary/aromatic N) is 4. The Morgan fingerprint density at radius 1 is 1.14 bits per heavy atom. The molecule has 2 N–H and O–H groups in total. The molecule has 1 unspecified atom stereocenters. The van der Waals surface area contributed by atoms with Gasteiger partial charge in [0.05, 0.1) is 12.1 Å². The summed E-state index contributed by atoms with van der Waals surface area (Å²) in [4.78, 5) is 43.4. The molecular formula is C25H42N6O3S. The van der Waals surface area contributed by atoms with E-state index in [4.69, 9.17) is 0 Å². The van der Waals surface area contributed by atoms with Crippen molar-refractivity contribution in [2.45, 2.75) is 91.9 Å². The van der Waals surface area contributed by atoms with Crippen LogP contribution in [0, 0.1) is 11.8 Å². The lowest BCUT2D eigenvalue weighted by Gasteiger charge is -2.39. The number of piperidine rings is 1. The molecule has 1 fully saturated rings. The first kappa shape index (κ1) is 28.9. The summed E-state index contributed by atoms with van der Waals surface area (Å²) in [5.74, 6) is -0.543. The summed E-state index contributed by atoms with van der Waals surface area (Å²) in [6, 6.07) is -0.905. The predicted octanol–water partition coefficient (Wildman–Crippen LogP) is 3.31. The van der Waals surface area contributed by atoms with Gasteiger partial charge < -0.3 is 10.2 Å². The van der Waals surface area contributed by atoms with Crippen molar-refractivity contribution in [3.05, 3.63) is 17.2 Å². The molecule has 2 heterocycles. The highest BCUT2D eigenvalue weighted by Crippen LogP contribution is 2.21. The fraction of sp³-hybridized carbons (Fsp3) is 0.720. The topological polar surface area (TPSA) is 108 Å². The monoisotopic (exact) mass is 506 g/mol. The molecule has 0 radical (unpaired) electrons. The quantitative estimate of drug-likeness (QED) is 0.472. The Balaban J connectivity index is 2.17. The smallest absolute Gasteiger partial charge is 0.252 e. The van der Waals surface area contributed by atoms with Crippen molar-refractivity contribution in [1.82, 2.24) is 25.3 Å². The summed E-state index contributed by atoms with van der Waals surface area (Å²) < 4.78 is 0. The SMILES string of the molecule is CC(=C[C@H](C(C)C)N(C)C(=O)[C@@H](NC(=O)C1CCCCN1C(C)C)C(C)C)C(=O)Nc1nncs1. The zero-order valence-corrected chi connectivity index (χ0v) is 23.2. The molecule has 0 aliphatic carbocycles. The first-order valence-corrected chi connectivity index (χ1v) is 13.4. The highest BCUT2D eigenvalue weighted by molar-refractivity contribution is 7.13. The second-order valence-electron chi connectivity index (χ2n) is 10.3. The third-order valence-electron chi connectivity index (χ3n) is 6.58. The second kappa shape index (κ2) is 13.1. The van der Waals surface area contributed by atoms with Crippen LogP contribution in [0.15, 0.2) is 17.2 Å². The number of likely N-dealkylation sites (N-methyl/N-ethyl adjacent to an activating group) is 1. The number of amides is 3. The van der Waals surface area contributed by atoms with Crippen molar-refractivity contribution in [2.24, 2.45) is 11.8 Å². The second-order valence-corrected chi connectivity index (χ2v) is 11.1. The minimum Gasteiger partial charge on any atom is -0.343 e. The van der Waals surface area contributed by atoms with Gasteiger partial charge in [0.25, 0.3) is 5.91 Å². The van der Waals surface area contributed by atoms with Crippen molar-refractivity contribution in [3.8, 4) is 0 Å². The molecule has 1 saturated heterocycles. The van der Waals surface area contributed by atoms with Gasteiger partial charge in [-0.25, -0.2) is 0 Å². The van der Waals surface area contributed by atoms with Gasteiger partial charge in [-0.1, -0.05) is 51.5 Å². The molecule has 0 spiro atoms.